The quantitative estimate of drug-likeness (QED) is 0.855. The van der Waals surface area contributed by atoms with Crippen molar-refractivity contribution in [2.75, 3.05) is 11.9 Å². The van der Waals surface area contributed by atoms with Crippen LogP contribution in [-0.4, -0.2) is 17.6 Å². The molecule has 18 heavy (non-hydrogen) atoms. The van der Waals surface area contributed by atoms with Crippen molar-refractivity contribution in [1.82, 2.24) is 0 Å². The lowest BCUT2D eigenvalue weighted by atomic mass is 10.1. The van der Waals surface area contributed by atoms with Gasteiger partial charge < -0.3 is 10.4 Å². The summed E-state index contributed by atoms with van der Waals surface area (Å²) < 4.78 is 37.9. The molecular weight excluding hydrogens is 247 g/mol. The molecule has 1 unspecified atom stereocenters. The highest BCUT2D eigenvalue weighted by Gasteiger charge is 2.33. The first-order valence-electron chi connectivity index (χ1n) is 5.42. The Morgan fingerprint density at radius 2 is 2.00 bits per heavy atom. The van der Waals surface area contributed by atoms with E-state index < -0.39 is 17.7 Å². The third-order valence-electron chi connectivity index (χ3n) is 2.40. The van der Waals surface area contributed by atoms with Gasteiger partial charge in [-0.15, -0.1) is 0 Å². The molecule has 0 saturated carbocycles. The Hall–Kier alpha value is -1.72. The highest BCUT2D eigenvalue weighted by molar-refractivity contribution is 5.67. The van der Waals surface area contributed by atoms with Crippen LogP contribution in [0, 0.1) is 5.92 Å². The number of anilines is 1. The topological polar surface area (TPSA) is 49.3 Å². The fraction of sp³-hybridized carbons (Fsp3) is 0.417. The van der Waals surface area contributed by atoms with Crippen LogP contribution in [0.15, 0.2) is 24.3 Å². The highest BCUT2D eigenvalue weighted by Crippen LogP contribution is 2.34. The summed E-state index contributed by atoms with van der Waals surface area (Å²) in [5.41, 5.74) is -0.769. The van der Waals surface area contributed by atoms with E-state index in [9.17, 15) is 18.0 Å². The zero-order valence-electron chi connectivity index (χ0n) is 9.79. The maximum atomic E-state index is 12.6. The number of hydrogen-bond donors (Lipinski definition) is 2. The van der Waals surface area contributed by atoms with Crippen LogP contribution in [0.3, 0.4) is 0 Å². The Morgan fingerprint density at radius 1 is 1.39 bits per heavy atom. The molecule has 0 aromatic heterocycles. The molecule has 1 aromatic carbocycles. The van der Waals surface area contributed by atoms with Gasteiger partial charge in [0.05, 0.1) is 5.56 Å². The summed E-state index contributed by atoms with van der Waals surface area (Å²) in [7, 11) is 0. The van der Waals surface area contributed by atoms with Crippen molar-refractivity contribution >= 4 is 11.7 Å². The zero-order chi connectivity index (χ0) is 13.8. The molecule has 0 heterocycles. The molecule has 0 aliphatic rings. The van der Waals surface area contributed by atoms with Crippen LogP contribution in [0.2, 0.25) is 0 Å². The molecule has 100 valence electrons. The van der Waals surface area contributed by atoms with E-state index in [1.165, 1.54) is 18.2 Å². The molecule has 1 atom stereocenters. The van der Waals surface area contributed by atoms with Crippen molar-refractivity contribution in [3.05, 3.63) is 29.8 Å². The Balaban J connectivity index is 2.71. The second kappa shape index (κ2) is 5.75. The largest absolute Gasteiger partial charge is 0.481 e. The molecule has 1 rings (SSSR count). The van der Waals surface area contributed by atoms with E-state index in [2.05, 4.69) is 5.32 Å². The third kappa shape index (κ3) is 4.27. The number of hydrogen-bond acceptors (Lipinski definition) is 2. The van der Waals surface area contributed by atoms with Gasteiger partial charge in [0.2, 0.25) is 0 Å². The molecule has 2 N–H and O–H groups in total. The van der Waals surface area contributed by atoms with Gasteiger partial charge in [-0.25, -0.2) is 0 Å². The van der Waals surface area contributed by atoms with E-state index in [1.807, 2.05) is 0 Å². The van der Waals surface area contributed by atoms with Crippen molar-refractivity contribution in [1.29, 1.82) is 0 Å². The second-order valence-corrected chi connectivity index (χ2v) is 4.13. The van der Waals surface area contributed by atoms with E-state index in [-0.39, 0.29) is 24.6 Å². The van der Waals surface area contributed by atoms with Gasteiger partial charge in [-0.05, 0) is 18.1 Å². The molecule has 0 aliphatic heterocycles. The molecular formula is C12H14F3NO2. The van der Waals surface area contributed by atoms with Gasteiger partial charge in [-0.3, -0.25) is 4.79 Å². The number of nitrogens with one attached hydrogen (secondary N) is 1. The minimum absolute atomic E-state index is 0.0257. The summed E-state index contributed by atoms with van der Waals surface area (Å²) in [4.78, 5) is 10.4. The Labute approximate surface area is 103 Å². The molecule has 0 spiro atoms. The summed E-state index contributed by atoms with van der Waals surface area (Å²) in [6.07, 6.45) is -4.50. The van der Waals surface area contributed by atoms with E-state index in [4.69, 9.17) is 5.11 Å². The smallest absolute Gasteiger partial charge is 0.418 e. The molecule has 0 amide bonds. The van der Waals surface area contributed by atoms with Crippen molar-refractivity contribution in [2.45, 2.75) is 19.5 Å². The fourth-order valence-electron chi connectivity index (χ4n) is 1.54. The van der Waals surface area contributed by atoms with Crippen LogP contribution in [-0.2, 0) is 11.0 Å². The molecule has 6 heteroatoms. The third-order valence-corrected chi connectivity index (χ3v) is 2.40. The lowest BCUT2D eigenvalue weighted by Crippen LogP contribution is -2.17. The van der Waals surface area contributed by atoms with Gasteiger partial charge in [0, 0.05) is 18.7 Å². The van der Waals surface area contributed by atoms with E-state index >= 15 is 0 Å². The van der Waals surface area contributed by atoms with E-state index in [0.29, 0.717) is 0 Å². The summed E-state index contributed by atoms with van der Waals surface area (Å²) in [6.45, 7) is 1.84. The van der Waals surface area contributed by atoms with Crippen LogP contribution in [0.1, 0.15) is 18.9 Å². The first kappa shape index (κ1) is 14.3. The number of benzene rings is 1. The molecule has 3 nitrogen and oxygen atoms in total. The number of halogens is 3. The number of para-hydroxylation sites is 1. The molecule has 0 fully saturated rings. The standard InChI is InChI=1S/C12H14F3NO2/c1-8(6-11(17)18)7-16-10-5-3-2-4-9(10)12(13,14)15/h2-5,8,16H,6-7H2,1H3,(H,17,18). The van der Waals surface area contributed by atoms with Gasteiger partial charge in [0.25, 0.3) is 0 Å². The number of carboxylic acids is 1. The Bertz CT molecular complexity index is 418. The normalized spacial score (nSPS) is 13.1. The number of rotatable bonds is 5. The number of carbonyl (C=O) groups is 1. The fourth-order valence-corrected chi connectivity index (χ4v) is 1.54. The lowest BCUT2D eigenvalue weighted by molar-refractivity contribution is -0.138. The van der Waals surface area contributed by atoms with Crippen molar-refractivity contribution in [3.63, 3.8) is 0 Å². The average molecular weight is 261 g/mol. The van der Waals surface area contributed by atoms with Crippen LogP contribution in [0.5, 0.6) is 0 Å². The van der Waals surface area contributed by atoms with Gasteiger partial charge in [-0.2, -0.15) is 13.2 Å². The van der Waals surface area contributed by atoms with Gasteiger partial charge in [0.15, 0.2) is 0 Å². The molecule has 0 saturated heterocycles. The first-order chi connectivity index (χ1) is 8.30. The van der Waals surface area contributed by atoms with Crippen molar-refractivity contribution in [2.24, 2.45) is 5.92 Å². The molecule has 1 aromatic rings. The van der Waals surface area contributed by atoms with Gasteiger partial charge in [-0.1, -0.05) is 19.1 Å². The van der Waals surface area contributed by atoms with Gasteiger partial charge >= 0.3 is 12.1 Å². The van der Waals surface area contributed by atoms with Gasteiger partial charge in [0.1, 0.15) is 0 Å². The monoisotopic (exact) mass is 261 g/mol. The number of carboxylic acid groups (broad SMARTS) is 1. The SMILES string of the molecule is CC(CNc1ccccc1C(F)(F)F)CC(=O)O. The first-order valence-corrected chi connectivity index (χ1v) is 5.42. The van der Waals surface area contributed by atoms with Crippen LogP contribution in [0.4, 0.5) is 18.9 Å². The highest BCUT2D eigenvalue weighted by atomic mass is 19.4. The zero-order valence-corrected chi connectivity index (χ0v) is 9.79. The summed E-state index contributed by atoms with van der Waals surface area (Å²) in [5, 5.41) is 11.2. The van der Waals surface area contributed by atoms with Crippen LogP contribution >= 0.6 is 0 Å². The number of aliphatic carboxylic acids is 1. The second-order valence-electron chi connectivity index (χ2n) is 4.13. The molecule has 0 aliphatic carbocycles. The van der Waals surface area contributed by atoms with Crippen molar-refractivity contribution in [3.8, 4) is 0 Å². The summed E-state index contributed by atoms with van der Waals surface area (Å²) in [5.74, 6) is -1.21. The maximum absolute atomic E-state index is 12.6. The minimum atomic E-state index is -4.42. The lowest BCUT2D eigenvalue weighted by Gasteiger charge is -2.16. The van der Waals surface area contributed by atoms with E-state index in [1.54, 1.807) is 6.92 Å². The molecule has 0 radical (unpaired) electrons. The predicted molar refractivity (Wildman–Crippen MR) is 61.4 cm³/mol. The molecule has 0 bridgehead atoms. The number of alkyl halides is 3. The maximum Gasteiger partial charge on any atom is 0.418 e. The Morgan fingerprint density at radius 3 is 2.56 bits per heavy atom. The summed E-state index contributed by atoms with van der Waals surface area (Å²) >= 11 is 0. The van der Waals surface area contributed by atoms with Crippen LogP contribution < -0.4 is 5.32 Å². The Kier molecular flexibility index (Phi) is 4.58. The summed E-state index contributed by atoms with van der Waals surface area (Å²) in [6, 6.07) is 5.13. The minimum Gasteiger partial charge on any atom is -0.481 e. The van der Waals surface area contributed by atoms with E-state index in [0.717, 1.165) is 6.07 Å². The average Bonchev–Trinajstić information content (AvgIpc) is 2.24. The predicted octanol–water partition coefficient (Wildman–Crippen LogP) is 3.23. The van der Waals surface area contributed by atoms with Crippen LogP contribution in [0.25, 0.3) is 0 Å². The van der Waals surface area contributed by atoms with Crippen molar-refractivity contribution < 1.29 is 23.1 Å².